The van der Waals surface area contributed by atoms with E-state index in [1.54, 1.807) is 24.3 Å². The summed E-state index contributed by atoms with van der Waals surface area (Å²) in [6.45, 7) is 0. The van der Waals surface area contributed by atoms with Crippen LogP contribution in [0.1, 0.15) is 0 Å². The number of aromatic nitrogens is 2. The van der Waals surface area contributed by atoms with E-state index in [2.05, 4.69) is 5.10 Å². The van der Waals surface area contributed by atoms with Crippen molar-refractivity contribution in [2.45, 2.75) is 4.90 Å². The third-order valence-corrected chi connectivity index (χ3v) is 6.41. The third kappa shape index (κ3) is 4.34. The van der Waals surface area contributed by atoms with Crippen LogP contribution in [0.5, 0.6) is 5.75 Å². The lowest BCUT2D eigenvalue weighted by Gasteiger charge is -2.12. The Bertz CT molecular complexity index is 1400. The highest BCUT2D eigenvalue weighted by atomic mass is 35.5. The number of halogens is 2. The smallest absolute Gasteiger partial charge is 0.339 e. The number of nitrogens with zero attached hydrogens (tertiary/aromatic N) is 2. The normalized spacial score (nSPS) is 11.3. The van der Waals surface area contributed by atoms with Crippen LogP contribution in [0.15, 0.2) is 94.7 Å². The Morgan fingerprint density at radius 3 is 2.19 bits per heavy atom. The zero-order valence-corrected chi connectivity index (χ0v) is 18.1. The van der Waals surface area contributed by atoms with Gasteiger partial charge in [-0.2, -0.15) is 18.2 Å². The molecule has 0 radical (unpaired) electrons. The number of hydrogen-bond donors (Lipinski definition) is 0. The minimum Gasteiger partial charge on any atom is -0.378 e. The van der Waals surface area contributed by atoms with Gasteiger partial charge in [-0.05, 0) is 35.9 Å². The van der Waals surface area contributed by atoms with Crippen molar-refractivity contribution in [2.75, 3.05) is 0 Å². The predicted octanol–water partition coefficient (Wildman–Crippen LogP) is 4.97. The maximum atomic E-state index is 12.9. The average molecular weight is 473 g/mol. The molecule has 9 heteroatoms. The van der Waals surface area contributed by atoms with Crippen molar-refractivity contribution in [3.63, 3.8) is 0 Å². The maximum Gasteiger partial charge on any atom is 0.339 e. The van der Waals surface area contributed by atoms with Gasteiger partial charge in [-0.15, -0.1) is 0 Å². The molecule has 4 rings (SSSR count). The Morgan fingerprint density at radius 1 is 0.839 bits per heavy atom. The highest BCUT2D eigenvalue weighted by Crippen LogP contribution is 2.31. The molecule has 0 saturated heterocycles. The van der Waals surface area contributed by atoms with Crippen LogP contribution >= 0.6 is 23.2 Å². The van der Waals surface area contributed by atoms with Gasteiger partial charge in [-0.1, -0.05) is 71.7 Å². The third-order valence-electron chi connectivity index (χ3n) is 4.42. The summed E-state index contributed by atoms with van der Waals surface area (Å²) in [6, 6.07) is 21.7. The molecule has 0 aliphatic rings. The monoisotopic (exact) mass is 472 g/mol. The molecule has 0 atom stereocenters. The van der Waals surface area contributed by atoms with Gasteiger partial charge in [0.05, 0.1) is 16.9 Å². The lowest BCUT2D eigenvalue weighted by atomic mass is 10.1. The second kappa shape index (κ2) is 8.55. The van der Waals surface area contributed by atoms with E-state index in [9.17, 15) is 13.2 Å². The zero-order valence-electron chi connectivity index (χ0n) is 15.8. The molecule has 1 aromatic heterocycles. The molecule has 4 aromatic rings. The molecule has 1 heterocycles. The summed E-state index contributed by atoms with van der Waals surface area (Å²) in [6.07, 6.45) is 1.24. The number of rotatable bonds is 5. The maximum absolute atomic E-state index is 12.9. The standard InChI is InChI=1S/C22H14Cl2N2O4S/c23-19-14-25-26(22(27)21(19)24)16-10-12-17(13-11-16)31(28,29)30-20-9-5-4-8-18(20)15-6-2-1-3-7-15/h1-14H. The number of para-hydroxylation sites is 1. The van der Waals surface area contributed by atoms with Crippen molar-refractivity contribution in [1.82, 2.24) is 9.78 Å². The highest BCUT2D eigenvalue weighted by molar-refractivity contribution is 7.87. The molecular weight excluding hydrogens is 459 g/mol. The lowest BCUT2D eigenvalue weighted by Crippen LogP contribution is -2.21. The topological polar surface area (TPSA) is 78.3 Å². The zero-order chi connectivity index (χ0) is 22.0. The van der Waals surface area contributed by atoms with Crippen LogP contribution < -0.4 is 9.74 Å². The second-order valence-corrected chi connectivity index (χ2v) is 8.75. The van der Waals surface area contributed by atoms with Crippen LogP contribution in [0.3, 0.4) is 0 Å². The van der Waals surface area contributed by atoms with E-state index in [1.165, 1.54) is 30.5 Å². The predicted molar refractivity (Wildman–Crippen MR) is 120 cm³/mol. The SMILES string of the molecule is O=c1c(Cl)c(Cl)cnn1-c1ccc(S(=O)(=O)Oc2ccccc2-c2ccccc2)cc1. The number of benzene rings is 3. The van der Waals surface area contributed by atoms with Gasteiger partial charge in [0, 0.05) is 5.56 Å². The van der Waals surface area contributed by atoms with E-state index < -0.39 is 15.7 Å². The van der Waals surface area contributed by atoms with Crippen molar-refractivity contribution in [2.24, 2.45) is 0 Å². The fourth-order valence-electron chi connectivity index (χ4n) is 2.91. The lowest BCUT2D eigenvalue weighted by molar-refractivity contribution is 0.487. The van der Waals surface area contributed by atoms with Gasteiger partial charge in [-0.25, -0.2) is 0 Å². The van der Waals surface area contributed by atoms with E-state index >= 15 is 0 Å². The molecule has 0 amide bonds. The summed E-state index contributed by atoms with van der Waals surface area (Å²) in [5.74, 6) is 0.208. The summed E-state index contributed by atoms with van der Waals surface area (Å²) in [7, 11) is -4.12. The van der Waals surface area contributed by atoms with Crippen LogP contribution in [0.2, 0.25) is 10.0 Å². The molecule has 3 aromatic carbocycles. The molecule has 0 spiro atoms. The van der Waals surface area contributed by atoms with Crippen molar-refractivity contribution < 1.29 is 12.6 Å². The van der Waals surface area contributed by atoms with Crippen molar-refractivity contribution in [3.05, 3.63) is 105 Å². The van der Waals surface area contributed by atoms with Gasteiger partial charge in [-0.3, -0.25) is 4.79 Å². The quantitative estimate of drug-likeness (QED) is 0.383. The Balaban J connectivity index is 1.66. The molecule has 0 bridgehead atoms. The Labute approximate surface area is 188 Å². The first-order valence-electron chi connectivity index (χ1n) is 8.99. The van der Waals surface area contributed by atoms with E-state index in [-0.39, 0.29) is 20.7 Å². The molecule has 0 fully saturated rings. The summed E-state index contributed by atoms with van der Waals surface area (Å²) in [4.78, 5) is 12.1. The van der Waals surface area contributed by atoms with Crippen LogP contribution in [0.25, 0.3) is 16.8 Å². The average Bonchev–Trinajstić information content (AvgIpc) is 2.78. The Hall–Kier alpha value is -3.13. The van der Waals surface area contributed by atoms with Crippen LogP contribution in [0.4, 0.5) is 0 Å². The van der Waals surface area contributed by atoms with E-state index in [1.807, 2.05) is 30.3 Å². The largest absolute Gasteiger partial charge is 0.378 e. The first-order valence-corrected chi connectivity index (χ1v) is 11.2. The number of hydrogen-bond acceptors (Lipinski definition) is 5. The van der Waals surface area contributed by atoms with Gasteiger partial charge in [0.1, 0.15) is 9.92 Å². The highest BCUT2D eigenvalue weighted by Gasteiger charge is 2.19. The Morgan fingerprint density at radius 2 is 1.48 bits per heavy atom. The molecule has 6 nitrogen and oxygen atoms in total. The van der Waals surface area contributed by atoms with Crippen molar-refractivity contribution >= 4 is 33.3 Å². The van der Waals surface area contributed by atoms with Crippen molar-refractivity contribution in [1.29, 1.82) is 0 Å². The fraction of sp³-hybridized carbons (Fsp3) is 0. The summed E-state index contributed by atoms with van der Waals surface area (Å²) < 4.78 is 32.2. The molecule has 0 aliphatic carbocycles. The molecule has 0 saturated carbocycles. The van der Waals surface area contributed by atoms with Crippen LogP contribution in [0, 0.1) is 0 Å². The van der Waals surface area contributed by atoms with Crippen LogP contribution in [-0.2, 0) is 10.1 Å². The summed E-state index contributed by atoms with van der Waals surface area (Å²) in [5, 5.41) is 3.78. The first-order chi connectivity index (χ1) is 14.9. The molecule has 156 valence electrons. The van der Waals surface area contributed by atoms with E-state index in [4.69, 9.17) is 27.4 Å². The molecule has 0 unspecified atom stereocenters. The van der Waals surface area contributed by atoms with Gasteiger partial charge in [0.2, 0.25) is 0 Å². The van der Waals surface area contributed by atoms with E-state index in [0.29, 0.717) is 11.3 Å². The van der Waals surface area contributed by atoms with Crippen LogP contribution in [-0.4, -0.2) is 18.2 Å². The van der Waals surface area contributed by atoms with Gasteiger partial charge < -0.3 is 4.18 Å². The molecular formula is C22H14Cl2N2O4S. The minimum atomic E-state index is -4.12. The fourth-order valence-corrected chi connectivity index (χ4v) is 4.11. The second-order valence-electron chi connectivity index (χ2n) is 6.42. The molecule has 0 N–H and O–H groups in total. The van der Waals surface area contributed by atoms with E-state index in [0.717, 1.165) is 10.2 Å². The molecule has 31 heavy (non-hydrogen) atoms. The minimum absolute atomic E-state index is 0.0348. The van der Waals surface area contributed by atoms with Crippen molar-refractivity contribution in [3.8, 4) is 22.6 Å². The summed E-state index contributed by atoms with van der Waals surface area (Å²) in [5.41, 5.74) is 1.19. The molecule has 0 aliphatic heterocycles. The van der Waals surface area contributed by atoms with Gasteiger partial charge >= 0.3 is 10.1 Å². The van der Waals surface area contributed by atoms with Gasteiger partial charge in [0.25, 0.3) is 5.56 Å². The Kier molecular flexibility index (Phi) is 5.82. The first kappa shape index (κ1) is 21.1. The van der Waals surface area contributed by atoms with Gasteiger partial charge in [0.15, 0.2) is 5.75 Å². The summed E-state index contributed by atoms with van der Waals surface area (Å²) >= 11 is 11.7.